The van der Waals surface area contributed by atoms with E-state index in [4.69, 9.17) is 37.9 Å². The minimum Gasteiger partial charge on any atom is -0.490 e. The van der Waals surface area contributed by atoms with Crippen LogP contribution in [0.25, 0.3) is 0 Å². The predicted molar refractivity (Wildman–Crippen MR) is 205 cm³/mol. The first kappa shape index (κ1) is 41.9. The second kappa shape index (κ2) is 23.7. The molecule has 16 heteroatoms. The Morgan fingerprint density at radius 1 is 0.574 bits per heavy atom. The highest BCUT2D eigenvalue weighted by molar-refractivity contribution is 7.11. The molecule has 292 valence electrons. The molecule has 0 saturated heterocycles. The smallest absolute Gasteiger partial charge is 0.331 e. The van der Waals surface area contributed by atoms with Crippen molar-refractivity contribution < 1.29 is 47.5 Å². The Labute approximate surface area is 323 Å². The first-order chi connectivity index (χ1) is 26.2. The highest BCUT2D eigenvalue weighted by Crippen LogP contribution is 2.20. The Balaban J connectivity index is 1.20. The SMILES string of the molecule is CC(C)NCC(COc1ccc(OCCOc2nccs2)cc1)OC(=O)/C=C\C(=O)OC(CNC(C)C)COc1ccc(OCCOc2nccs2)cc1. The molecule has 0 radical (unpaired) electrons. The van der Waals surface area contributed by atoms with Gasteiger partial charge in [-0.2, -0.15) is 0 Å². The van der Waals surface area contributed by atoms with Crippen LogP contribution >= 0.6 is 22.7 Å². The monoisotopic (exact) mass is 784 g/mol. The maximum absolute atomic E-state index is 12.7. The number of ether oxygens (including phenoxy) is 8. The van der Waals surface area contributed by atoms with Gasteiger partial charge in [0.2, 0.25) is 0 Å². The molecular formula is C38H48N4O10S2. The number of aromatic nitrogens is 2. The average Bonchev–Trinajstić information content (AvgIpc) is 3.89. The molecule has 2 unspecified atom stereocenters. The van der Waals surface area contributed by atoms with E-state index in [1.54, 1.807) is 60.9 Å². The first-order valence-corrected chi connectivity index (χ1v) is 19.3. The molecule has 0 fully saturated rings. The number of nitrogens with one attached hydrogen (secondary N) is 2. The van der Waals surface area contributed by atoms with E-state index in [0.717, 1.165) is 12.2 Å². The average molecular weight is 785 g/mol. The summed E-state index contributed by atoms with van der Waals surface area (Å²) < 4.78 is 45.5. The summed E-state index contributed by atoms with van der Waals surface area (Å²) in [6, 6.07) is 14.5. The van der Waals surface area contributed by atoms with Gasteiger partial charge >= 0.3 is 11.9 Å². The van der Waals surface area contributed by atoms with Crippen molar-refractivity contribution in [3.8, 4) is 33.4 Å². The highest BCUT2D eigenvalue weighted by atomic mass is 32.1. The quantitative estimate of drug-likeness (QED) is 0.0477. The molecule has 4 aromatic rings. The zero-order valence-corrected chi connectivity index (χ0v) is 32.5. The summed E-state index contributed by atoms with van der Waals surface area (Å²) in [5, 5.41) is 11.4. The molecule has 0 bridgehead atoms. The molecule has 14 nitrogen and oxygen atoms in total. The molecule has 0 aliphatic heterocycles. The van der Waals surface area contributed by atoms with E-state index in [9.17, 15) is 9.59 Å². The molecule has 0 amide bonds. The molecule has 0 aliphatic carbocycles. The van der Waals surface area contributed by atoms with Crippen LogP contribution in [0.4, 0.5) is 0 Å². The van der Waals surface area contributed by atoms with Gasteiger partial charge in [0.1, 0.15) is 74.8 Å². The fourth-order valence-corrected chi connectivity index (χ4v) is 5.35. The molecule has 2 atom stereocenters. The molecule has 2 aromatic carbocycles. The second-order valence-corrected chi connectivity index (χ2v) is 13.8. The van der Waals surface area contributed by atoms with Gasteiger partial charge in [-0.1, -0.05) is 50.4 Å². The molecule has 2 heterocycles. The van der Waals surface area contributed by atoms with Crippen molar-refractivity contribution >= 4 is 34.6 Å². The van der Waals surface area contributed by atoms with E-state index in [-0.39, 0.29) is 25.3 Å². The van der Waals surface area contributed by atoms with Gasteiger partial charge in [-0.25, -0.2) is 19.6 Å². The third kappa shape index (κ3) is 17.3. The van der Waals surface area contributed by atoms with Gasteiger partial charge in [0, 0.05) is 60.5 Å². The number of nitrogens with zero attached hydrogens (tertiary/aromatic N) is 2. The highest BCUT2D eigenvalue weighted by Gasteiger charge is 2.18. The molecule has 54 heavy (non-hydrogen) atoms. The van der Waals surface area contributed by atoms with Gasteiger partial charge in [-0.05, 0) is 48.5 Å². The summed E-state index contributed by atoms with van der Waals surface area (Å²) in [5.41, 5.74) is 0. The molecular weight excluding hydrogens is 737 g/mol. The second-order valence-electron chi connectivity index (χ2n) is 12.1. The summed E-state index contributed by atoms with van der Waals surface area (Å²) in [4.78, 5) is 33.6. The summed E-state index contributed by atoms with van der Waals surface area (Å²) in [7, 11) is 0. The van der Waals surface area contributed by atoms with Crippen LogP contribution in [-0.4, -0.2) is 98.9 Å². The van der Waals surface area contributed by atoms with Crippen LogP contribution < -0.4 is 39.1 Å². The summed E-state index contributed by atoms with van der Waals surface area (Å²) in [6.45, 7) is 10.3. The van der Waals surface area contributed by atoms with Gasteiger partial charge < -0.3 is 48.5 Å². The fourth-order valence-electron chi connectivity index (χ4n) is 4.33. The van der Waals surface area contributed by atoms with Gasteiger partial charge in [0.15, 0.2) is 0 Å². The van der Waals surface area contributed by atoms with Crippen molar-refractivity contribution in [2.24, 2.45) is 0 Å². The van der Waals surface area contributed by atoms with E-state index >= 15 is 0 Å². The number of hydrogen-bond acceptors (Lipinski definition) is 16. The third-order valence-electron chi connectivity index (χ3n) is 6.92. The van der Waals surface area contributed by atoms with Crippen molar-refractivity contribution in [1.29, 1.82) is 0 Å². The van der Waals surface area contributed by atoms with E-state index in [2.05, 4.69) is 20.6 Å². The van der Waals surface area contributed by atoms with E-state index < -0.39 is 24.1 Å². The summed E-state index contributed by atoms with van der Waals surface area (Å²) in [6.07, 6.45) is 4.19. The van der Waals surface area contributed by atoms with Crippen LogP contribution in [0.3, 0.4) is 0 Å². The van der Waals surface area contributed by atoms with Crippen molar-refractivity contribution in [3.63, 3.8) is 0 Å². The molecule has 4 rings (SSSR count). The minimum absolute atomic E-state index is 0.0840. The molecule has 0 saturated carbocycles. The van der Waals surface area contributed by atoms with E-state index in [0.29, 0.717) is 72.9 Å². The van der Waals surface area contributed by atoms with Crippen LogP contribution in [0.1, 0.15) is 27.7 Å². The number of esters is 2. The van der Waals surface area contributed by atoms with Gasteiger partial charge in [-0.15, -0.1) is 0 Å². The summed E-state index contributed by atoms with van der Waals surface area (Å²) >= 11 is 2.84. The molecule has 0 aliphatic rings. The van der Waals surface area contributed by atoms with Gasteiger partial charge in [0.25, 0.3) is 10.4 Å². The molecule has 0 spiro atoms. The van der Waals surface area contributed by atoms with Crippen LogP contribution in [0.5, 0.6) is 33.4 Å². The Bertz CT molecular complexity index is 1520. The number of benzene rings is 2. The maximum atomic E-state index is 12.7. The number of hydrogen-bond donors (Lipinski definition) is 2. The minimum atomic E-state index is -0.708. The van der Waals surface area contributed by atoms with E-state index in [1.807, 2.05) is 38.5 Å². The van der Waals surface area contributed by atoms with Gasteiger partial charge in [-0.3, -0.25) is 0 Å². The van der Waals surface area contributed by atoms with Crippen LogP contribution in [-0.2, 0) is 19.1 Å². The number of carbonyl (C=O) groups excluding carboxylic acids is 2. The standard InChI is InChI=1S/C38H48N4O10S2/c1-27(2)41-23-33(25-49-31-9-5-29(6-10-31)45-17-19-47-37-39-15-21-53-37)51-35(43)13-14-36(44)52-34(24-42-28(3)4)26-50-32-11-7-30(8-12-32)46-18-20-48-38-40-16-22-54-38/h5-16,21-22,27-28,33-34,41-42H,17-20,23-26H2,1-4H3/b14-13-. The normalized spacial score (nSPS) is 12.3. The van der Waals surface area contributed by atoms with Crippen molar-refractivity contribution in [2.75, 3.05) is 52.7 Å². The number of rotatable bonds is 26. The van der Waals surface area contributed by atoms with Crippen molar-refractivity contribution in [1.82, 2.24) is 20.6 Å². The van der Waals surface area contributed by atoms with Crippen molar-refractivity contribution in [2.45, 2.75) is 52.0 Å². The Morgan fingerprint density at radius 3 is 1.26 bits per heavy atom. The zero-order valence-electron chi connectivity index (χ0n) is 30.8. The Hall–Kier alpha value is -4.90. The largest absolute Gasteiger partial charge is 0.490 e. The maximum Gasteiger partial charge on any atom is 0.331 e. The first-order valence-electron chi connectivity index (χ1n) is 17.5. The fraction of sp³-hybridized carbons (Fsp3) is 0.421. The lowest BCUT2D eigenvalue weighted by molar-refractivity contribution is -0.147. The van der Waals surface area contributed by atoms with E-state index in [1.165, 1.54) is 22.7 Å². The topological polar surface area (TPSA) is 158 Å². The van der Waals surface area contributed by atoms with Crippen LogP contribution in [0, 0.1) is 0 Å². The Kier molecular flexibility index (Phi) is 18.4. The Morgan fingerprint density at radius 2 is 0.926 bits per heavy atom. The third-order valence-corrected chi connectivity index (χ3v) is 8.29. The lowest BCUT2D eigenvalue weighted by Crippen LogP contribution is -2.38. The van der Waals surface area contributed by atoms with Crippen LogP contribution in [0.15, 0.2) is 83.8 Å². The summed E-state index contributed by atoms with van der Waals surface area (Å²) in [5.74, 6) is 1.05. The zero-order chi connectivity index (χ0) is 38.4. The number of thiazole rings is 2. The van der Waals surface area contributed by atoms with Crippen LogP contribution in [0.2, 0.25) is 0 Å². The lowest BCUT2D eigenvalue weighted by Gasteiger charge is -2.20. The van der Waals surface area contributed by atoms with Crippen molar-refractivity contribution in [3.05, 3.63) is 83.8 Å². The lowest BCUT2D eigenvalue weighted by atomic mass is 10.3. The molecule has 2 aromatic heterocycles. The number of carbonyl (C=O) groups is 2. The van der Waals surface area contributed by atoms with Gasteiger partial charge in [0.05, 0.1) is 0 Å². The predicted octanol–water partition coefficient (Wildman–Crippen LogP) is 5.35. The molecule has 2 N–H and O–H groups in total.